The molecular formula is C13H14BrN3O. The number of nitriles is 1. The monoisotopic (exact) mass is 307 g/mol. The molecule has 1 aliphatic heterocycles. The summed E-state index contributed by atoms with van der Waals surface area (Å²) in [5.41, 5.74) is 0.886. The average molecular weight is 308 g/mol. The van der Waals surface area contributed by atoms with Gasteiger partial charge in [-0.05, 0) is 32.0 Å². The quantitative estimate of drug-likeness (QED) is 0.801. The Bertz CT molecular complexity index is 548. The smallest absolute Gasteiger partial charge is 0.247 e. The van der Waals surface area contributed by atoms with Gasteiger partial charge in [-0.25, -0.2) is 0 Å². The number of fused-ring (bicyclic) bond motifs is 1. The highest BCUT2D eigenvalue weighted by molar-refractivity contribution is 9.10. The highest BCUT2D eigenvalue weighted by Crippen LogP contribution is 2.38. The molecule has 0 bridgehead atoms. The molecule has 4 nitrogen and oxygen atoms in total. The van der Waals surface area contributed by atoms with Crippen molar-refractivity contribution < 1.29 is 4.79 Å². The van der Waals surface area contributed by atoms with E-state index in [4.69, 9.17) is 0 Å². The van der Waals surface area contributed by atoms with Crippen LogP contribution in [0.4, 0.5) is 11.4 Å². The summed E-state index contributed by atoms with van der Waals surface area (Å²) >= 11 is 3.43. The van der Waals surface area contributed by atoms with E-state index in [1.165, 1.54) is 0 Å². The molecule has 1 aromatic carbocycles. The minimum atomic E-state index is -0.846. The third kappa shape index (κ3) is 1.97. The second-order valence-corrected chi connectivity index (χ2v) is 5.80. The molecule has 0 unspecified atom stereocenters. The summed E-state index contributed by atoms with van der Waals surface area (Å²) in [4.78, 5) is 15.7. The number of amides is 1. The molecule has 1 amide bonds. The van der Waals surface area contributed by atoms with Gasteiger partial charge in [-0.2, -0.15) is 5.26 Å². The van der Waals surface area contributed by atoms with Crippen molar-refractivity contribution in [2.75, 3.05) is 23.4 Å². The molecular weight excluding hydrogens is 294 g/mol. The van der Waals surface area contributed by atoms with Crippen LogP contribution >= 0.6 is 15.9 Å². The van der Waals surface area contributed by atoms with Crippen LogP contribution in [0.2, 0.25) is 0 Å². The molecule has 0 radical (unpaired) electrons. The van der Waals surface area contributed by atoms with Crippen LogP contribution in [0.3, 0.4) is 0 Å². The van der Waals surface area contributed by atoms with Gasteiger partial charge in [0, 0.05) is 11.5 Å². The molecule has 2 rings (SSSR count). The SMILES string of the molecule is CN1CC(=O)N(C(C)(C)C#N)c2ccc(Br)cc21. The lowest BCUT2D eigenvalue weighted by atomic mass is 10.0. The van der Waals surface area contributed by atoms with Crippen molar-refractivity contribution in [1.82, 2.24) is 0 Å². The minimum absolute atomic E-state index is 0.0566. The van der Waals surface area contributed by atoms with Crippen molar-refractivity contribution in [3.8, 4) is 6.07 Å². The Morgan fingerprint density at radius 3 is 2.67 bits per heavy atom. The molecule has 94 valence electrons. The van der Waals surface area contributed by atoms with Gasteiger partial charge in [0.2, 0.25) is 5.91 Å². The fraction of sp³-hybridized carbons (Fsp3) is 0.385. The van der Waals surface area contributed by atoms with E-state index in [0.717, 1.165) is 15.8 Å². The van der Waals surface area contributed by atoms with Gasteiger partial charge in [0.1, 0.15) is 5.54 Å². The Kier molecular flexibility index (Phi) is 3.07. The first-order chi connectivity index (χ1) is 8.36. The molecule has 0 saturated heterocycles. The summed E-state index contributed by atoms with van der Waals surface area (Å²) in [6.07, 6.45) is 0. The van der Waals surface area contributed by atoms with Crippen LogP contribution in [0.5, 0.6) is 0 Å². The number of halogens is 1. The first kappa shape index (κ1) is 12.9. The van der Waals surface area contributed by atoms with E-state index < -0.39 is 5.54 Å². The van der Waals surface area contributed by atoms with Crippen LogP contribution in [0, 0.1) is 11.3 Å². The molecule has 0 N–H and O–H groups in total. The normalized spacial score (nSPS) is 15.4. The highest BCUT2D eigenvalue weighted by Gasteiger charge is 2.37. The first-order valence-corrected chi connectivity index (χ1v) is 6.41. The third-order valence-electron chi connectivity index (χ3n) is 3.04. The zero-order chi connectivity index (χ0) is 13.5. The summed E-state index contributed by atoms with van der Waals surface area (Å²) in [7, 11) is 1.87. The molecule has 1 aromatic rings. The van der Waals surface area contributed by atoms with E-state index in [1.54, 1.807) is 18.7 Å². The molecule has 1 aliphatic rings. The van der Waals surface area contributed by atoms with E-state index in [9.17, 15) is 10.1 Å². The summed E-state index contributed by atoms with van der Waals surface area (Å²) < 4.78 is 0.956. The van der Waals surface area contributed by atoms with E-state index in [0.29, 0.717) is 0 Å². The molecule has 0 atom stereocenters. The number of hydrogen-bond acceptors (Lipinski definition) is 3. The number of nitrogens with zero attached hydrogens (tertiary/aromatic N) is 3. The van der Waals surface area contributed by atoms with Crippen molar-refractivity contribution in [3.63, 3.8) is 0 Å². The highest BCUT2D eigenvalue weighted by atomic mass is 79.9. The largest absolute Gasteiger partial charge is 0.364 e. The molecule has 18 heavy (non-hydrogen) atoms. The second-order valence-electron chi connectivity index (χ2n) is 4.89. The van der Waals surface area contributed by atoms with Crippen molar-refractivity contribution in [2.45, 2.75) is 19.4 Å². The summed E-state index contributed by atoms with van der Waals surface area (Å²) in [6.45, 7) is 3.79. The average Bonchev–Trinajstić information content (AvgIpc) is 2.30. The predicted molar refractivity (Wildman–Crippen MR) is 74.6 cm³/mol. The van der Waals surface area contributed by atoms with Gasteiger partial charge in [0.05, 0.1) is 24.0 Å². The van der Waals surface area contributed by atoms with Crippen molar-refractivity contribution in [3.05, 3.63) is 22.7 Å². The molecule has 0 aromatic heterocycles. The molecule has 1 heterocycles. The number of carbonyl (C=O) groups is 1. The van der Waals surface area contributed by atoms with Crippen molar-refractivity contribution >= 4 is 33.2 Å². The number of likely N-dealkylation sites (N-methyl/N-ethyl adjacent to an activating group) is 1. The molecule has 0 saturated carbocycles. The topological polar surface area (TPSA) is 47.3 Å². The van der Waals surface area contributed by atoms with Gasteiger partial charge >= 0.3 is 0 Å². The molecule has 0 spiro atoms. The number of benzene rings is 1. The molecule has 5 heteroatoms. The Labute approximate surface area is 115 Å². The lowest BCUT2D eigenvalue weighted by Crippen LogP contribution is -2.53. The predicted octanol–water partition coefficient (Wildman–Crippen LogP) is 2.53. The van der Waals surface area contributed by atoms with E-state index >= 15 is 0 Å². The first-order valence-electron chi connectivity index (χ1n) is 5.62. The Morgan fingerprint density at radius 1 is 1.39 bits per heavy atom. The standard InChI is InChI=1S/C13H14BrN3O/c1-13(2,8-15)17-10-5-4-9(14)6-11(10)16(3)7-12(17)18/h4-6H,7H2,1-3H3. The van der Waals surface area contributed by atoms with E-state index in [-0.39, 0.29) is 12.5 Å². The maximum atomic E-state index is 12.2. The summed E-state index contributed by atoms with van der Waals surface area (Å²) in [5.74, 6) is -0.0566. The van der Waals surface area contributed by atoms with Crippen molar-refractivity contribution in [1.29, 1.82) is 5.26 Å². The van der Waals surface area contributed by atoms with Crippen LogP contribution in [-0.2, 0) is 4.79 Å². The molecule has 0 aliphatic carbocycles. The number of rotatable bonds is 1. The third-order valence-corrected chi connectivity index (χ3v) is 3.54. The summed E-state index contributed by atoms with van der Waals surface area (Å²) in [6, 6.07) is 7.89. The lowest BCUT2D eigenvalue weighted by molar-refractivity contribution is -0.118. The van der Waals surface area contributed by atoms with Crippen LogP contribution in [0.25, 0.3) is 0 Å². The number of hydrogen-bond donors (Lipinski definition) is 0. The number of anilines is 2. The van der Waals surface area contributed by atoms with E-state index in [1.807, 2.05) is 30.1 Å². The second kappa shape index (κ2) is 4.29. The zero-order valence-corrected chi connectivity index (χ0v) is 12.2. The van der Waals surface area contributed by atoms with Gasteiger partial charge in [0.25, 0.3) is 0 Å². The van der Waals surface area contributed by atoms with E-state index in [2.05, 4.69) is 22.0 Å². The van der Waals surface area contributed by atoms with Crippen LogP contribution in [0.1, 0.15) is 13.8 Å². The van der Waals surface area contributed by atoms with Gasteiger partial charge < -0.3 is 4.90 Å². The minimum Gasteiger partial charge on any atom is -0.364 e. The summed E-state index contributed by atoms with van der Waals surface area (Å²) in [5, 5.41) is 9.24. The Hall–Kier alpha value is -1.54. The van der Waals surface area contributed by atoms with Gasteiger partial charge in [-0.3, -0.25) is 9.69 Å². The van der Waals surface area contributed by atoms with Gasteiger partial charge in [-0.15, -0.1) is 0 Å². The van der Waals surface area contributed by atoms with Crippen LogP contribution in [0.15, 0.2) is 22.7 Å². The van der Waals surface area contributed by atoms with Crippen LogP contribution in [-0.4, -0.2) is 25.0 Å². The molecule has 0 fully saturated rings. The fourth-order valence-corrected chi connectivity index (χ4v) is 2.50. The Balaban J connectivity index is 2.61. The maximum Gasteiger partial charge on any atom is 0.247 e. The van der Waals surface area contributed by atoms with Gasteiger partial charge in [0.15, 0.2) is 0 Å². The van der Waals surface area contributed by atoms with Crippen LogP contribution < -0.4 is 9.80 Å². The maximum absolute atomic E-state index is 12.2. The van der Waals surface area contributed by atoms with Gasteiger partial charge in [-0.1, -0.05) is 15.9 Å². The lowest BCUT2D eigenvalue weighted by Gasteiger charge is -2.41. The van der Waals surface area contributed by atoms with Crippen molar-refractivity contribution in [2.24, 2.45) is 0 Å². The fourth-order valence-electron chi connectivity index (χ4n) is 2.15. The zero-order valence-electron chi connectivity index (χ0n) is 10.6. The number of carbonyl (C=O) groups excluding carboxylic acids is 1. The Morgan fingerprint density at radius 2 is 2.06 bits per heavy atom.